The highest BCUT2D eigenvalue weighted by atomic mass is 15.2. The first-order valence-corrected chi connectivity index (χ1v) is 7.17. The fourth-order valence-corrected chi connectivity index (χ4v) is 2.80. The van der Waals surface area contributed by atoms with Crippen molar-refractivity contribution in [2.45, 2.75) is 52.2 Å². The molecule has 18 heavy (non-hydrogen) atoms. The summed E-state index contributed by atoms with van der Waals surface area (Å²) < 4.78 is 2.28. The van der Waals surface area contributed by atoms with Crippen molar-refractivity contribution in [3.8, 4) is 0 Å². The molecule has 0 radical (unpaired) electrons. The van der Waals surface area contributed by atoms with Gasteiger partial charge in [-0.3, -0.25) is 4.90 Å². The zero-order valence-corrected chi connectivity index (χ0v) is 11.9. The molecule has 0 atom stereocenters. The van der Waals surface area contributed by atoms with Gasteiger partial charge in [0, 0.05) is 24.8 Å². The third kappa shape index (κ3) is 3.12. The summed E-state index contributed by atoms with van der Waals surface area (Å²) in [5, 5.41) is 3.44. The molecule has 1 aliphatic heterocycles. The molecule has 1 aromatic rings. The Kier molecular flexibility index (Phi) is 4.78. The van der Waals surface area contributed by atoms with E-state index >= 15 is 0 Å². The van der Waals surface area contributed by atoms with Crippen LogP contribution >= 0.6 is 0 Å². The molecule has 1 fully saturated rings. The molecule has 4 heteroatoms. The summed E-state index contributed by atoms with van der Waals surface area (Å²) in [5.74, 6) is 0. The monoisotopic (exact) mass is 250 g/mol. The Balaban J connectivity index is 2.02. The van der Waals surface area contributed by atoms with E-state index in [0.29, 0.717) is 6.04 Å². The molecule has 4 nitrogen and oxygen atoms in total. The van der Waals surface area contributed by atoms with Crippen LogP contribution in [-0.2, 0) is 6.54 Å². The Morgan fingerprint density at radius 1 is 1.44 bits per heavy atom. The maximum atomic E-state index is 4.30. The lowest BCUT2D eigenvalue weighted by molar-refractivity contribution is 0.158. The highest BCUT2D eigenvalue weighted by molar-refractivity contribution is 5.00. The summed E-state index contributed by atoms with van der Waals surface area (Å²) in [5.41, 5.74) is 1.34. The van der Waals surface area contributed by atoms with Gasteiger partial charge in [-0.25, -0.2) is 4.98 Å². The Morgan fingerprint density at radius 2 is 2.17 bits per heavy atom. The minimum Gasteiger partial charge on any atom is -0.331 e. The van der Waals surface area contributed by atoms with Gasteiger partial charge in [-0.05, 0) is 46.3 Å². The van der Waals surface area contributed by atoms with E-state index in [4.69, 9.17) is 0 Å². The third-order valence-corrected chi connectivity index (χ3v) is 3.90. The smallest absolute Gasteiger partial charge is 0.0951 e. The molecular formula is C14H26N4. The van der Waals surface area contributed by atoms with Gasteiger partial charge in [-0.2, -0.15) is 0 Å². The zero-order chi connectivity index (χ0) is 13.0. The molecule has 0 spiro atoms. The summed E-state index contributed by atoms with van der Waals surface area (Å²) in [6.45, 7) is 11.2. The molecule has 1 N–H and O–H groups in total. The minimum atomic E-state index is 0.495. The van der Waals surface area contributed by atoms with Crippen molar-refractivity contribution in [3.63, 3.8) is 0 Å². The molecule has 1 aliphatic rings. The van der Waals surface area contributed by atoms with Gasteiger partial charge in [0.05, 0.1) is 12.0 Å². The van der Waals surface area contributed by atoms with Gasteiger partial charge in [0.25, 0.3) is 0 Å². The zero-order valence-electron chi connectivity index (χ0n) is 11.9. The summed E-state index contributed by atoms with van der Waals surface area (Å²) in [6.07, 6.45) is 6.51. The normalized spacial score (nSPS) is 17.8. The van der Waals surface area contributed by atoms with Crippen molar-refractivity contribution in [2.24, 2.45) is 0 Å². The quantitative estimate of drug-likeness (QED) is 0.868. The van der Waals surface area contributed by atoms with Gasteiger partial charge in [-0.15, -0.1) is 0 Å². The lowest BCUT2D eigenvalue weighted by atomic mass is 10.0. The summed E-state index contributed by atoms with van der Waals surface area (Å²) >= 11 is 0. The Labute approximate surface area is 110 Å². The first-order valence-electron chi connectivity index (χ1n) is 7.17. The minimum absolute atomic E-state index is 0.495. The molecule has 0 saturated carbocycles. The molecule has 0 bridgehead atoms. The summed E-state index contributed by atoms with van der Waals surface area (Å²) in [7, 11) is 0. The van der Waals surface area contributed by atoms with Crippen molar-refractivity contribution in [3.05, 3.63) is 18.2 Å². The summed E-state index contributed by atoms with van der Waals surface area (Å²) in [4.78, 5) is 6.89. The number of imidazole rings is 1. The average molecular weight is 250 g/mol. The highest BCUT2D eigenvalue weighted by Crippen LogP contribution is 2.17. The number of piperidine rings is 1. The first-order chi connectivity index (χ1) is 8.72. The van der Waals surface area contributed by atoms with Crippen molar-refractivity contribution in [1.29, 1.82) is 0 Å². The van der Waals surface area contributed by atoms with Crippen molar-refractivity contribution < 1.29 is 0 Å². The van der Waals surface area contributed by atoms with Gasteiger partial charge in [0.2, 0.25) is 0 Å². The van der Waals surface area contributed by atoms with E-state index in [-0.39, 0.29) is 0 Å². The van der Waals surface area contributed by atoms with Crippen LogP contribution < -0.4 is 5.32 Å². The SMILES string of the molecule is CCN(Cc1cncn1C(C)C)C1CCNCC1. The number of nitrogens with zero attached hydrogens (tertiary/aromatic N) is 3. The number of hydrogen-bond donors (Lipinski definition) is 1. The van der Waals surface area contributed by atoms with Crippen LogP contribution in [0.2, 0.25) is 0 Å². The Hall–Kier alpha value is -0.870. The van der Waals surface area contributed by atoms with E-state index in [1.807, 2.05) is 12.5 Å². The van der Waals surface area contributed by atoms with Crippen LogP contribution in [0.5, 0.6) is 0 Å². The van der Waals surface area contributed by atoms with Gasteiger partial charge < -0.3 is 9.88 Å². The largest absolute Gasteiger partial charge is 0.331 e. The van der Waals surface area contributed by atoms with Gasteiger partial charge in [0.15, 0.2) is 0 Å². The molecule has 2 rings (SSSR count). The fraction of sp³-hybridized carbons (Fsp3) is 0.786. The molecule has 102 valence electrons. The Morgan fingerprint density at radius 3 is 2.78 bits per heavy atom. The second-order valence-electron chi connectivity index (χ2n) is 5.43. The lowest BCUT2D eigenvalue weighted by Gasteiger charge is -2.34. The van der Waals surface area contributed by atoms with E-state index in [1.165, 1.54) is 18.5 Å². The van der Waals surface area contributed by atoms with E-state index in [9.17, 15) is 0 Å². The second kappa shape index (κ2) is 6.34. The molecule has 0 amide bonds. The third-order valence-electron chi connectivity index (χ3n) is 3.90. The van der Waals surface area contributed by atoms with Crippen LogP contribution in [0.4, 0.5) is 0 Å². The number of nitrogens with one attached hydrogen (secondary N) is 1. The predicted molar refractivity (Wildman–Crippen MR) is 74.6 cm³/mol. The molecule has 2 heterocycles. The van der Waals surface area contributed by atoms with Crippen LogP contribution in [0.25, 0.3) is 0 Å². The molecule has 0 unspecified atom stereocenters. The van der Waals surface area contributed by atoms with Crippen LogP contribution in [0, 0.1) is 0 Å². The molecule has 1 aromatic heterocycles. The molecule has 0 aromatic carbocycles. The number of rotatable bonds is 5. The topological polar surface area (TPSA) is 33.1 Å². The number of aromatic nitrogens is 2. The van der Waals surface area contributed by atoms with Crippen LogP contribution in [0.3, 0.4) is 0 Å². The van der Waals surface area contributed by atoms with Crippen molar-refractivity contribution >= 4 is 0 Å². The van der Waals surface area contributed by atoms with Crippen molar-refractivity contribution in [2.75, 3.05) is 19.6 Å². The van der Waals surface area contributed by atoms with E-state index in [2.05, 4.69) is 40.5 Å². The maximum Gasteiger partial charge on any atom is 0.0951 e. The second-order valence-corrected chi connectivity index (χ2v) is 5.43. The standard InChI is InChI=1S/C14H26N4/c1-4-17(13-5-7-15-8-6-13)10-14-9-16-11-18(14)12(2)3/h9,11-13,15H,4-8,10H2,1-3H3. The average Bonchev–Trinajstić information content (AvgIpc) is 2.85. The van der Waals surface area contributed by atoms with E-state index in [0.717, 1.165) is 32.2 Å². The van der Waals surface area contributed by atoms with Crippen molar-refractivity contribution in [1.82, 2.24) is 19.8 Å². The highest BCUT2D eigenvalue weighted by Gasteiger charge is 2.20. The van der Waals surface area contributed by atoms with E-state index < -0.39 is 0 Å². The first kappa shape index (κ1) is 13.6. The fourth-order valence-electron chi connectivity index (χ4n) is 2.80. The van der Waals surface area contributed by atoms with Crippen LogP contribution in [0.1, 0.15) is 45.3 Å². The van der Waals surface area contributed by atoms with Crippen LogP contribution in [0.15, 0.2) is 12.5 Å². The van der Waals surface area contributed by atoms with Gasteiger partial charge in [-0.1, -0.05) is 6.92 Å². The maximum absolute atomic E-state index is 4.30. The van der Waals surface area contributed by atoms with Gasteiger partial charge in [0.1, 0.15) is 0 Å². The summed E-state index contributed by atoms with van der Waals surface area (Å²) in [6, 6.07) is 1.22. The lowest BCUT2D eigenvalue weighted by Crippen LogP contribution is -2.42. The molecular weight excluding hydrogens is 224 g/mol. The Bertz CT molecular complexity index is 352. The van der Waals surface area contributed by atoms with Crippen LogP contribution in [-0.4, -0.2) is 40.1 Å². The van der Waals surface area contributed by atoms with Gasteiger partial charge >= 0.3 is 0 Å². The number of hydrogen-bond acceptors (Lipinski definition) is 3. The molecule has 0 aliphatic carbocycles. The van der Waals surface area contributed by atoms with E-state index in [1.54, 1.807) is 0 Å². The predicted octanol–water partition coefficient (Wildman–Crippen LogP) is 2.04. The molecule has 1 saturated heterocycles.